The Labute approximate surface area is 150 Å². The van der Waals surface area contributed by atoms with Gasteiger partial charge in [-0.25, -0.2) is 0 Å². The van der Waals surface area contributed by atoms with Crippen molar-refractivity contribution in [1.82, 2.24) is 20.1 Å². The van der Waals surface area contributed by atoms with Gasteiger partial charge in [-0.15, -0.1) is 0 Å². The zero-order valence-corrected chi connectivity index (χ0v) is 14.6. The molecule has 1 N–H and O–H groups in total. The van der Waals surface area contributed by atoms with Crippen LogP contribution in [0.2, 0.25) is 0 Å². The summed E-state index contributed by atoms with van der Waals surface area (Å²) in [6, 6.07) is 9.76. The van der Waals surface area contributed by atoms with Crippen molar-refractivity contribution in [3.05, 3.63) is 72.0 Å². The standard InChI is InChI=1S/C20H18N4O2/c1-13-3-4-19-14(5-13)7-18(26-19)11-22-20(25)16-6-15(8-21-9-16)17-10-23-24(2)12-17/h3-10,12H,11H2,1-2H3,(H,22,25). The summed E-state index contributed by atoms with van der Waals surface area (Å²) >= 11 is 0. The maximum absolute atomic E-state index is 12.5. The Bertz CT molecular complexity index is 1090. The van der Waals surface area contributed by atoms with Crippen molar-refractivity contribution in [1.29, 1.82) is 0 Å². The molecule has 0 saturated carbocycles. The van der Waals surface area contributed by atoms with E-state index in [9.17, 15) is 4.79 Å². The van der Waals surface area contributed by atoms with Crippen molar-refractivity contribution < 1.29 is 9.21 Å². The number of rotatable bonds is 4. The number of pyridine rings is 1. The third-order valence-corrected chi connectivity index (χ3v) is 4.18. The Balaban J connectivity index is 1.49. The minimum atomic E-state index is -0.195. The second kappa shape index (κ2) is 6.48. The third-order valence-electron chi connectivity index (χ3n) is 4.18. The molecular formula is C20H18N4O2. The highest BCUT2D eigenvalue weighted by Crippen LogP contribution is 2.21. The number of nitrogens with zero attached hydrogens (tertiary/aromatic N) is 3. The molecule has 4 rings (SSSR count). The number of amides is 1. The van der Waals surface area contributed by atoms with E-state index < -0.39 is 0 Å². The van der Waals surface area contributed by atoms with Crippen molar-refractivity contribution >= 4 is 16.9 Å². The molecule has 0 radical (unpaired) electrons. The van der Waals surface area contributed by atoms with Crippen molar-refractivity contribution in [3.63, 3.8) is 0 Å². The first-order valence-electron chi connectivity index (χ1n) is 8.30. The van der Waals surface area contributed by atoms with Gasteiger partial charge < -0.3 is 9.73 Å². The first kappa shape index (κ1) is 16.1. The Morgan fingerprint density at radius 3 is 2.85 bits per heavy atom. The molecule has 0 spiro atoms. The predicted octanol–water partition coefficient (Wildman–Crippen LogP) is 3.47. The first-order chi connectivity index (χ1) is 12.6. The quantitative estimate of drug-likeness (QED) is 0.614. The van der Waals surface area contributed by atoms with Crippen molar-refractivity contribution in [2.45, 2.75) is 13.5 Å². The molecule has 0 aliphatic rings. The number of nitrogens with one attached hydrogen (secondary N) is 1. The molecule has 26 heavy (non-hydrogen) atoms. The number of fused-ring (bicyclic) bond motifs is 1. The van der Waals surface area contributed by atoms with Gasteiger partial charge in [0.1, 0.15) is 11.3 Å². The molecule has 4 aromatic rings. The summed E-state index contributed by atoms with van der Waals surface area (Å²) in [6.45, 7) is 2.36. The van der Waals surface area contributed by atoms with Gasteiger partial charge in [0.05, 0.1) is 18.3 Å². The Hall–Kier alpha value is -3.41. The van der Waals surface area contributed by atoms with E-state index in [0.717, 1.165) is 27.9 Å². The number of aromatic nitrogens is 3. The normalized spacial score (nSPS) is 11.0. The maximum atomic E-state index is 12.5. The molecule has 6 heteroatoms. The van der Waals surface area contributed by atoms with E-state index >= 15 is 0 Å². The molecule has 1 aromatic carbocycles. The smallest absolute Gasteiger partial charge is 0.253 e. The van der Waals surface area contributed by atoms with Gasteiger partial charge in [0.2, 0.25) is 0 Å². The van der Waals surface area contributed by atoms with E-state index in [4.69, 9.17) is 4.42 Å². The van der Waals surface area contributed by atoms with E-state index in [0.29, 0.717) is 12.1 Å². The largest absolute Gasteiger partial charge is 0.459 e. The molecular weight excluding hydrogens is 328 g/mol. The molecule has 3 heterocycles. The molecule has 6 nitrogen and oxygen atoms in total. The number of aryl methyl sites for hydroxylation is 2. The minimum Gasteiger partial charge on any atom is -0.459 e. The molecule has 0 fully saturated rings. The summed E-state index contributed by atoms with van der Waals surface area (Å²) in [4.78, 5) is 16.6. The van der Waals surface area contributed by atoms with E-state index in [-0.39, 0.29) is 5.91 Å². The predicted molar refractivity (Wildman–Crippen MR) is 98.6 cm³/mol. The van der Waals surface area contributed by atoms with Gasteiger partial charge in [-0.3, -0.25) is 14.5 Å². The maximum Gasteiger partial charge on any atom is 0.253 e. The van der Waals surface area contributed by atoms with Gasteiger partial charge in [0.15, 0.2) is 0 Å². The number of furan rings is 1. The lowest BCUT2D eigenvalue weighted by molar-refractivity contribution is 0.0948. The highest BCUT2D eigenvalue weighted by Gasteiger charge is 2.10. The number of carbonyl (C=O) groups is 1. The van der Waals surface area contributed by atoms with E-state index in [2.05, 4.69) is 21.5 Å². The Morgan fingerprint density at radius 2 is 2.04 bits per heavy atom. The monoisotopic (exact) mass is 346 g/mol. The second-order valence-corrected chi connectivity index (χ2v) is 6.30. The van der Waals surface area contributed by atoms with Crippen LogP contribution >= 0.6 is 0 Å². The molecule has 0 atom stereocenters. The Morgan fingerprint density at radius 1 is 1.15 bits per heavy atom. The van der Waals surface area contributed by atoms with Crippen LogP contribution in [0.4, 0.5) is 0 Å². The van der Waals surface area contributed by atoms with Crippen LogP contribution in [0.1, 0.15) is 21.7 Å². The lowest BCUT2D eigenvalue weighted by Gasteiger charge is -2.04. The molecule has 0 aliphatic carbocycles. The van der Waals surface area contributed by atoms with Crippen LogP contribution in [-0.2, 0) is 13.6 Å². The van der Waals surface area contributed by atoms with Crippen molar-refractivity contribution in [2.24, 2.45) is 7.05 Å². The third kappa shape index (κ3) is 3.21. The lowest BCUT2D eigenvalue weighted by Crippen LogP contribution is -2.22. The SMILES string of the molecule is Cc1ccc2oc(CNC(=O)c3cncc(-c4cnn(C)c4)c3)cc2c1. The molecule has 0 bridgehead atoms. The fraction of sp³-hybridized carbons (Fsp3) is 0.150. The van der Waals surface area contributed by atoms with Crippen LogP contribution in [0.5, 0.6) is 0 Å². The van der Waals surface area contributed by atoms with Crippen LogP contribution in [0, 0.1) is 6.92 Å². The fourth-order valence-corrected chi connectivity index (χ4v) is 2.87. The summed E-state index contributed by atoms with van der Waals surface area (Å²) in [5.74, 6) is 0.523. The average molecular weight is 346 g/mol. The number of carbonyl (C=O) groups excluding carboxylic acids is 1. The van der Waals surface area contributed by atoms with Gasteiger partial charge in [0, 0.05) is 42.2 Å². The fourth-order valence-electron chi connectivity index (χ4n) is 2.87. The summed E-state index contributed by atoms with van der Waals surface area (Å²) in [6.07, 6.45) is 6.90. The van der Waals surface area contributed by atoms with Gasteiger partial charge in [-0.05, 0) is 31.2 Å². The molecule has 1 amide bonds. The van der Waals surface area contributed by atoms with Gasteiger partial charge in [-0.2, -0.15) is 5.10 Å². The topological polar surface area (TPSA) is 73.0 Å². The van der Waals surface area contributed by atoms with E-state index in [1.165, 1.54) is 5.56 Å². The van der Waals surface area contributed by atoms with Crippen LogP contribution in [0.3, 0.4) is 0 Å². The van der Waals surface area contributed by atoms with Crippen LogP contribution in [-0.4, -0.2) is 20.7 Å². The molecule has 3 aromatic heterocycles. The van der Waals surface area contributed by atoms with Crippen LogP contribution in [0.25, 0.3) is 22.1 Å². The second-order valence-electron chi connectivity index (χ2n) is 6.30. The lowest BCUT2D eigenvalue weighted by atomic mass is 10.1. The summed E-state index contributed by atoms with van der Waals surface area (Å²) < 4.78 is 7.48. The highest BCUT2D eigenvalue weighted by atomic mass is 16.3. The molecule has 0 unspecified atom stereocenters. The number of benzene rings is 1. The highest BCUT2D eigenvalue weighted by molar-refractivity contribution is 5.95. The van der Waals surface area contributed by atoms with Crippen molar-refractivity contribution in [2.75, 3.05) is 0 Å². The van der Waals surface area contributed by atoms with Crippen LogP contribution in [0.15, 0.2) is 59.5 Å². The number of hydrogen-bond acceptors (Lipinski definition) is 4. The van der Waals surface area contributed by atoms with E-state index in [1.807, 2.05) is 38.4 Å². The molecule has 0 saturated heterocycles. The summed E-state index contributed by atoms with van der Waals surface area (Å²) in [5, 5.41) is 8.06. The molecule has 130 valence electrons. The zero-order valence-electron chi connectivity index (χ0n) is 14.6. The van der Waals surface area contributed by atoms with Gasteiger partial charge >= 0.3 is 0 Å². The van der Waals surface area contributed by atoms with Gasteiger partial charge in [0.25, 0.3) is 5.91 Å². The number of hydrogen-bond donors (Lipinski definition) is 1. The first-order valence-corrected chi connectivity index (χ1v) is 8.30. The average Bonchev–Trinajstić information content (AvgIpc) is 3.25. The van der Waals surface area contributed by atoms with Crippen molar-refractivity contribution in [3.8, 4) is 11.1 Å². The zero-order chi connectivity index (χ0) is 18.1. The van der Waals surface area contributed by atoms with E-state index in [1.54, 1.807) is 29.3 Å². The summed E-state index contributed by atoms with van der Waals surface area (Å²) in [7, 11) is 1.85. The Kier molecular flexibility index (Phi) is 4.01. The minimum absolute atomic E-state index is 0.195. The van der Waals surface area contributed by atoms with Gasteiger partial charge in [-0.1, -0.05) is 11.6 Å². The summed E-state index contributed by atoms with van der Waals surface area (Å²) in [5.41, 5.74) is 4.26. The van der Waals surface area contributed by atoms with Crippen LogP contribution < -0.4 is 5.32 Å². The molecule has 0 aliphatic heterocycles.